The van der Waals surface area contributed by atoms with E-state index in [-0.39, 0.29) is 5.91 Å². The highest BCUT2D eigenvalue weighted by atomic mass is 16.2. The summed E-state index contributed by atoms with van der Waals surface area (Å²) < 4.78 is 0. The van der Waals surface area contributed by atoms with Gasteiger partial charge in [0.15, 0.2) is 0 Å². The van der Waals surface area contributed by atoms with Crippen molar-refractivity contribution in [2.75, 3.05) is 12.4 Å². The molecule has 0 fully saturated rings. The standard InChI is InChI=1S/C13H18N2O/c1-9(2)11-5-7-12(8-6-11)15-13(16)10(3)14-4/h5-9,14H,3H2,1-2,4H3,(H,15,16). The van der Waals surface area contributed by atoms with Crippen molar-refractivity contribution in [3.63, 3.8) is 0 Å². The molecule has 1 aromatic carbocycles. The van der Waals surface area contributed by atoms with Gasteiger partial charge in [0.05, 0.1) is 5.70 Å². The van der Waals surface area contributed by atoms with Crippen molar-refractivity contribution in [2.45, 2.75) is 19.8 Å². The van der Waals surface area contributed by atoms with Gasteiger partial charge >= 0.3 is 0 Å². The second-order valence-electron chi connectivity index (χ2n) is 3.96. The first-order valence-electron chi connectivity index (χ1n) is 5.32. The molecule has 86 valence electrons. The largest absolute Gasteiger partial charge is 0.384 e. The van der Waals surface area contributed by atoms with Crippen LogP contribution in [0.2, 0.25) is 0 Å². The van der Waals surface area contributed by atoms with E-state index in [1.807, 2.05) is 24.3 Å². The van der Waals surface area contributed by atoms with E-state index in [4.69, 9.17) is 0 Å². The fraction of sp³-hybridized carbons (Fsp3) is 0.308. The van der Waals surface area contributed by atoms with Gasteiger partial charge in [0.25, 0.3) is 5.91 Å². The van der Waals surface area contributed by atoms with Crippen molar-refractivity contribution in [1.29, 1.82) is 0 Å². The molecular formula is C13H18N2O. The molecule has 0 bridgehead atoms. The highest BCUT2D eigenvalue weighted by Crippen LogP contribution is 2.17. The molecule has 3 heteroatoms. The number of rotatable bonds is 4. The van der Waals surface area contributed by atoms with Crippen LogP contribution in [0.25, 0.3) is 0 Å². The maximum atomic E-state index is 11.5. The molecule has 0 aromatic heterocycles. The minimum atomic E-state index is -0.209. The Morgan fingerprint density at radius 1 is 1.25 bits per heavy atom. The summed E-state index contributed by atoms with van der Waals surface area (Å²) >= 11 is 0. The Kier molecular flexibility index (Phi) is 4.11. The summed E-state index contributed by atoms with van der Waals surface area (Å²) in [7, 11) is 1.67. The third-order valence-corrected chi connectivity index (χ3v) is 2.41. The summed E-state index contributed by atoms with van der Waals surface area (Å²) in [5, 5.41) is 5.47. The van der Waals surface area contributed by atoms with Gasteiger partial charge in [0, 0.05) is 12.7 Å². The second-order valence-corrected chi connectivity index (χ2v) is 3.96. The summed E-state index contributed by atoms with van der Waals surface area (Å²) in [4.78, 5) is 11.5. The summed E-state index contributed by atoms with van der Waals surface area (Å²) in [6, 6.07) is 7.83. The quantitative estimate of drug-likeness (QED) is 0.762. The number of likely N-dealkylation sites (N-methyl/N-ethyl adjacent to an activating group) is 1. The smallest absolute Gasteiger partial charge is 0.271 e. The van der Waals surface area contributed by atoms with Gasteiger partial charge in [-0.1, -0.05) is 32.6 Å². The van der Waals surface area contributed by atoms with Crippen molar-refractivity contribution in [1.82, 2.24) is 5.32 Å². The van der Waals surface area contributed by atoms with E-state index in [0.29, 0.717) is 11.6 Å². The average Bonchev–Trinajstić information content (AvgIpc) is 2.28. The predicted molar refractivity (Wildman–Crippen MR) is 67.4 cm³/mol. The van der Waals surface area contributed by atoms with Crippen LogP contribution >= 0.6 is 0 Å². The lowest BCUT2D eigenvalue weighted by Gasteiger charge is -2.09. The van der Waals surface area contributed by atoms with E-state index >= 15 is 0 Å². The van der Waals surface area contributed by atoms with E-state index in [1.54, 1.807) is 7.05 Å². The monoisotopic (exact) mass is 218 g/mol. The molecule has 0 radical (unpaired) electrons. The van der Waals surface area contributed by atoms with Crippen LogP contribution in [0.15, 0.2) is 36.5 Å². The molecule has 0 saturated heterocycles. The maximum absolute atomic E-state index is 11.5. The number of hydrogen-bond acceptors (Lipinski definition) is 2. The molecule has 0 aliphatic rings. The normalized spacial score (nSPS) is 10.0. The lowest BCUT2D eigenvalue weighted by atomic mass is 10.0. The number of carbonyl (C=O) groups is 1. The molecule has 1 amide bonds. The fourth-order valence-electron chi connectivity index (χ4n) is 1.27. The maximum Gasteiger partial charge on any atom is 0.271 e. The van der Waals surface area contributed by atoms with Gasteiger partial charge in [-0.3, -0.25) is 4.79 Å². The molecule has 0 spiro atoms. The lowest BCUT2D eigenvalue weighted by Crippen LogP contribution is -2.21. The number of benzene rings is 1. The number of anilines is 1. The molecule has 0 saturated carbocycles. The second kappa shape index (κ2) is 5.35. The minimum Gasteiger partial charge on any atom is -0.384 e. The molecule has 0 atom stereocenters. The van der Waals surface area contributed by atoms with Crippen molar-refractivity contribution in [3.8, 4) is 0 Å². The van der Waals surface area contributed by atoms with Gasteiger partial charge in [-0.15, -0.1) is 0 Å². The SMILES string of the molecule is C=C(NC)C(=O)Nc1ccc(C(C)C)cc1. The zero-order valence-electron chi connectivity index (χ0n) is 10.0. The van der Waals surface area contributed by atoms with Crippen LogP contribution in [0.4, 0.5) is 5.69 Å². The topological polar surface area (TPSA) is 41.1 Å². The molecule has 0 aliphatic heterocycles. The summed E-state index contributed by atoms with van der Waals surface area (Å²) in [5.74, 6) is 0.289. The van der Waals surface area contributed by atoms with Gasteiger partial charge < -0.3 is 10.6 Å². The molecule has 1 rings (SSSR count). The van der Waals surface area contributed by atoms with Gasteiger partial charge in [0.2, 0.25) is 0 Å². The zero-order chi connectivity index (χ0) is 12.1. The molecule has 0 heterocycles. The number of nitrogens with one attached hydrogen (secondary N) is 2. The van der Waals surface area contributed by atoms with Crippen LogP contribution in [0.5, 0.6) is 0 Å². The average molecular weight is 218 g/mol. The van der Waals surface area contributed by atoms with Crippen molar-refractivity contribution in [2.24, 2.45) is 0 Å². The Morgan fingerprint density at radius 3 is 2.25 bits per heavy atom. The first-order valence-corrected chi connectivity index (χ1v) is 5.32. The Hall–Kier alpha value is -1.77. The number of carbonyl (C=O) groups excluding carboxylic acids is 1. The Balaban J connectivity index is 2.69. The van der Waals surface area contributed by atoms with Gasteiger partial charge in [-0.25, -0.2) is 0 Å². The van der Waals surface area contributed by atoms with Crippen LogP contribution in [0.3, 0.4) is 0 Å². The van der Waals surface area contributed by atoms with Crippen LogP contribution in [-0.2, 0) is 4.79 Å². The zero-order valence-corrected chi connectivity index (χ0v) is 10.0. The third-order valence-electron chi connectivity index (χ3n) is 2.41. The molecule has 1 aromatic rings. The molecular weight excluding hydrogens is 200 g/mol. The van der Waals surface area contributed by atoms with Gasteiger partial charge in [0.1, 0.15) is 0 Å². The lowest BCUT2D eigenvalue weighted by molar-refractivity contribution is -0.113. The molecule has 0 aliphatic carbocycles. The first kappa shape index (κ1) is 12.3. The highest BCUT2D eigenvalue weighted by molar-refractivity contribution is 6.02. The van der Waals surface area contributed by atoms with Gasteiger partial charge in [-0.2, -0.15) is 0 Å². The third kappa shape index (κ3) is 3.12. The van der Waals surface area contributed by atoms with Crippen LogP contribution in [-0.4, -0.2) is 13.0 Å². The summed E-state index contributed by atoms with van der Waals surface area (Å²) in [6.07, 6.45) is 0. The Morgan fingerprint density at radius 2 is 1.81 bits per heavy atom. The molecule has 0 unspecified atom stereocenters. The minimum absolute atomic E-state index is 0.209. The number of amides is 1. The van der Waals surface area contributed by atoms with E-state index < -0.39 is 0 Å². The van der Waals surface area contributed by atoms with E-state index in [0.717, 1.165) is 5.69 Å². The highest BCUT2D eigenvalue weighted by Gasteiger charge is 2.05. The van der Waals surface area contributed by atoms with E-state index in [9.17, 15) is 4.79 Å². The molecule has 2 N–H and O–H groups in total. The van der Waals surface area contributed by atoms with Crippen LogP contribution in [0, 0.1) is 0 Å². The molecule has 16 heavy (non-hydrogen) atoms. The number of hydrogen-bond donors (Lipinski definition) is 2. The molecule has 3 nitrogen and oxygen atoms in total. The predicted octanol–water partition coefficient (Wildman–Crippen LogP) is 2.48. The van der Waals surface area contributed by atoms with Gasteiger partial charge in [-0.05, 0) is 23.6 Å². The van der Waals surface area contributed by atoms with Crippen LogP contribution < -0.4 is 10.6 Å². The van der Waals surface area contributed by atoms with E-state index in [2.05, 4.69) is 31.1 Å². The van der Waals surface area contributed by atoms with Crippen molar-refractivity contribution < 1.29 is 4.79 Å². The first-order chi connectivity index (χ1) is 7.54. The Bertz CT molecular complexity index is 379. The van der Waals surface area contributed by atoms with Crippen molar-refractivity contribution >= 4 is 11.6 Å². The Labute approximate surface area is 96.6 Å². The van der Waals surface area contributed by atoms with E-state index in [1.165, 1.54) is 5.56 Å². The van der Waals surface area contributed by atoms with Crippen molar-refractivity contribution in [3.05, 3.63) is 42.1 Å². The van der Waals surface area contributed by atoms with Crippen LogP contribution in [0.1, 0.15) is 25.3 Å². The summed E-state index contributed by atoms with van der Waals surface area (Å²) in [5.41, 5.74) is 2.39. The fourth-order valence-corrected chi connectivity index (χ4v) is 1.27. The summed E-state index contributed by atoms with van der Waals surface area (Å²) in [6.45, 7) is 7.86.